The number of quaternary nitrogens is 1. The highest BCUT2D eigenvalue weighted by Crippen LogP contribution is 2.26. The molecule has 2 fully saturated rings. The molecule has 0 spiro atoms. The summed E-state index contributed by atoms with van der Waals surface area (Å²) in [7, 11) is 0. The Morgan fingerprint density at radius 2 is 1.83 bits per heavy atom. The first kappa shape index (κ1) is 16.1. The standard InChI is InChI=1S/C18H25N3O2/c22-17(20-16-6-10-19-11-7-16)21-12-8-18(23,9-13-21)14-15-4-2-1-3-5-15/h1-5,19,23H,6-14H2/p+1. The zero-order valence-electron chi connectivity index (χ0n) is 13.6. The second-order valence-electron chi connectivity index (χ2n) is 6.70. The van der Waals surface area contributed by atoms with E-state index in [9.17, 15) is 9.90 Å². The van der Waals surface area contributed by atoms with Crippen LogP contribution < -0.4 is 5.32 Å². The summed E-state index contributed by atoms with van der Waals surface area (Å²) in [6, 6.07) is 9.94. The molecule has 1 aromatic carbocycles. The predicted octanol–water partition coefficient (Wildman–Crippen LogP) is 0.974. The molecule has 0 unspecified atom stereocenters. The van der Waals surface area contributed by atoms with Crippen molar-refractivity contribution in [2.24, 2.45) is 4.99 Å². The molecule has 23 heavy (non-hydrogen) atoms. The van der Waals surface area contributed by atoms with E-state index in [1.165, 1.54) is 0 Å². The van der Waals surface area contributed by atoms with Crippen molar-refractivity contribution in [1.29, 1.82) is 0 Å². The normalized spacial score (nSPS) is 21.1. The summed E-state index contributed by atoms with van der Waals surface area (Å²) in [5, 5.41) is 13.0. The van der Waals surface area contributed by atoms with Crippen LogP contribution in [0.2, 0.25) is 0 Å². The van der Waals surface area contributed by atoms with Gasteiger partial charge in [0.05, 0.1) is 18.7 Å². The quantitative estimate of drug-likeness (QED) is 0.854. The van der Waals surface area contributed by atoms with Crippen molar-refractivity contribution >= 4 is 11.7 Å². The van der Waals surface area contributed by atoms with Crippen LogP contribution in [-0.2, 0) is 6.42 Å². The largest absolute Gasteiger partial charge is 0.389 e. The van der Waals surface area contributed by atoms with E-state index in [1.54, 1.807) is 4.90 Å². The van der Waals surface area contributed by atoms with E-state index in [0.717, 1.165) is 37.2 Å². The van der Waals surface area contributed by atoms with E-state index in [0.29, 0.717) is 32.4 Å². The van der Waals surface area contributed by atoms with Gasteiger partial charge in [-0.05, 0) is 18.4 Å². The smallest absolute Gasteiger partial charge is 0.343 e. The molecule has 0 radical (unpaired) electrons. The van der Waals surface area contributed by atoms with Crippen LogP contribution in [-0.4, -0.2) is 53.5 Å². The number of aliphatic imine (C=N–C) groups is 1. The van der Waals surface area contributed by atoms with Gasteiger partial charge in [0.1, 0.15) is 0 Å². The molecule has 3 rings (SSSR count). The monoisotopic (exact) mass is 316 g/mol. The SMILES string of the molecule is O=C(N=C1CC[NH2+]CC1)N1CCC(O)(Cc2ccccc2)CC1. The fourth-order valence-electron chi connectivity index (χ4n) is 3.39. The second-order valence-corrected chi connectivity index (χ2v) is 6.70. The number of nitrogens with zero attached hydrogens (tertiary/aromatic N) is 2. The third kappa shape index (κ3) is 4.39. The Kier molecular flexibility index (Phi) is 5.08. The van der Waals surface area contributed by atoms with Gasteiger partial charge in [0, 0.05) is 38.1 Å². The number of piperidine rings is 2. The Balaban J connectivity index is 1.54. The van der Waals surface area contributed by atoms with Crippen molar-refractivity contribution in [2.75, 3.05) is 26.2 Å². The Labute approximate surface area is 137 Å². The van der Waals surface area contributed by atoms with Gasteiger partial charge in [0.15, 0.2) is 0 Å². The molecular formula is C18H26N3O2+. The zero-order chi connectivity index (χ0) is 16.1. The van der Waals surface area contributed by atoms with Crippen molar-refractivity contribution in [3.8, 4) is 0 Å². The molecule has 0 aliphatic carbocycles. The van der Waals surface area contributed by atoms with Crippen molar-refractivity contribution in [3.05, 3.63) is 35.9 Å². The number of carbonyl (C=O) groups excluding carboxylic acids is 1. The van der Waals surface area contributed by atoms with Crippen LogP contribution in [0.15, 0.2) is 35.3 Å². The molecular weight excluding hydrogens is 290 g/mol. The highest BCUT2D eigenvalue weighted by molar-refractivity contribution is 5.95. The second kappa shape index (κ2) is 7.23. The van der Waals surface area contributed by atoms with E-state index in [-0.39, 0.29) is 6.03 Å². The van der Waals surface area contributed by atoms with Gasteiger partial charge in [-0.15, -0.1) is 0 Å². The lowest BCUT2D eigenvalue weighted by atomic mass is 9.85. The third-order valence-electron chi connectivity index (χ3n) is 4.87. The molecule has 2 aliphatic heterocycles. The average Bonchev–Trinajstić information content (AvgIpc) is 2.57. The van der Waals surface area contributed by atoms with Gasteiger partial charge < -0.3 is 15.3 Å². The van der Waals surface area contributed by atoms with Crippen LogP contribution in [0.5, 0.6) is 0 Å². The van der Waals surface area contributed by atoms with Gasteiger partial charge in [-0.25, -0.2) is 9.79 Å². The number of urea groups is 1. The number of rotatable bonds is 2. The van der Waals surface area contributed by atoms with E-state index in [1.807, 2.05) is 30.3 Å². The molecule has 0 aromatic heterocycles. The summed E-state index contributed by atoms with van der Waals surface area (Å²) < 4.78 is 0. The van der Waals surface area contributed by atoms with Crippen LogP contribution >= 0.6 is 0 Å². The number of carbonyl (C=O) groups is 1. The molecule has 3 N–H and O–H groups in total. The summed E-state index contributed by atoms with van der Waals surface area (Å²) in [5.74, 6) is 0. The molecule has 2 saturated heterocycles. The van der Waals surface area contributed by atoms with Crippen LogP contribution in [0.1, 0.15) is 31.2 Å². The molecule has 0 bridgehead atoms. The lowest BCUT2D eigenvalue weighted by Gasteiger charge is -2.37. The molecule has 2 amide bonds. The summed E-state index contributed by atoms with van der Waals surface area (Å²) >= 11 is 0. The highest BCUT2D eigenvalue weighted by Gasteiger charge is 2.34. The van der Waals surface area contributed by atoms with Crippen LogP contribution in [0.3, 0.4) is 0 Å². The minimum absolute atomic E-state index is 0.122. The van der Waals surface area contributed by atoms with Crippen molar-refractivity contribution in [3.63, 3.8) is 0 Å². The Bertz CT molecular complexity index is 555. The fourth-order valence-corrected chi connectivity index (χ4v) is 3.39. The Morgan fingerprint density at radius 1 is 1.17 bits per heavy atom. The van der Waals surface area contributed by atoms with Gasteiger partial charge in [-0.3, -0.25) is 0 Å². The Hall–Kier alpha value is -1.72. The summed E-state index contributed by atoms with van der Waals surface area (Å²) in [5.41, 5.74) is 1.47. The summed E-state index contributed by atoms with van der Waals surface area (Å²) in [6.07, 6.45) is 3.72. The third-order valence-corrected chi connectivity index (χ3v) is 4.87. The first-order valence-electron chi connectivity index (χ1n) is 8.58. The maximum atomic E-state index is 12.3. The minimum Gasteiger partial charge on any atom is -0.389 e. The van der Waals surface area contributed by atoms with Crippen LogP contribution in [0.4, 0.5) is 4.79 Å². The fraction of sp³-hybridized carbons (Fsp3) is 0.556. The van der Waals surface area contributed by atoms with Crippen molar-refractivity contribution in [2.45, 2.75) is 37.7 Å². The molecule has 0 saturated carbocycles. The van der Waals surface area contributed by atoms with Gasteiger partial charge in [-0.1, -0.05) is 30.3 Å². The molecule has 5 heteroatoms. The van der Waals surface area contributed by atoms with E-state index < -0.39 is 5.60 Å². The lowest BCUT2D eigenvalue weighted by Crippen LogP contribution is -2.86. The minimum atomic E-state index is -0.703. The molecule has 5 nitrogen and oxygen atoms in total. The number of amides is 2. The summed E-state index contributed by atoms with van der Waals surface area (Å²) in [4.78, 5) is 18.4. The predicted molar refractivity (Wildman–Crippen MR) is 89.6 cm³/mol. The lowest BCUT2D eigenvalue weighted by molar-refractivity contribution is -0.655. The first-order valence-corrected chi connectivity index (χ1v) is 8.58. The van der Waals surface area contributed by atoms with E-state index in [2.05, 4.69) is 10.3 Å². The van der Waals surface area contributed by atoms with E-state index in [4.69, 9.17) is 0 Å². The van der Waals surface area contributed by atoms with Gasteiger partial charge in [0.2, 0.25) is 0 Å². The van der Waals surface area contributed by atoms with Gasteiger partial charge in [0.25, 0.3) is 0 Å². The zero-order valence-corrected chi connectivity index (χ0v) is 13.6. The van der Waals surface area contributed by atoms with Crippen molar-refractivity contribution in [1.82, 2.24) is 4.90 Å². The number of aliphatic hydroxyl groups is 1. The first-order chi connectivity index (χ1) is 11.1. The number of hydrogen-bond donors (Lipinski definition) is 2. The maximum absolute atomic E-state index is 12.3. The Morgan fingerprint density at radius 3 is 2.48 bits per heavy atom. The van der Waals surface area contributed by atoms with Crippen LogP contribution in [0, 0.1) is 0 Å². The molecule has 2 aliphatic rings. The molecule has 124 valence electrons. The van der Waals surface area contributed by atoms with Gasteiger partial charge >= 0.3 is 6.03 Å². The average molecular weight is 316 g/mol. The molecule has 2 heterocycles. The number of likely N-dealkylation sites (tertiary alicyclic amines) is 1. The van der Waals surface area contributed by atoms with Crippen LogP contribution in [0.25, 0.3) is 0 Å². The molecule has 0 atom stereocenters. The van der Waals surface area contributed by atoms with Crippen molar-refractivity contribution < 1.29 is 15.2 Å². The summed E-state index contributed by atoms with van der Waals surface area (Å²) in [6.45, 7) is 3.24. The number of hydrogen-bond acceptors (Lipinski definition) is 2. The molecule has 1 aromatic rings. The van der Waals surface area contributed by atoms with Gasteiger partial charge in [-0.2, -0.15) is 0 Å². The topological polar surface area (TPSA) is 69.5 Å². The van der Waals surface area contributed by atoms with E-state index >= 15 is 0 Å². The number of benzene rings is 1. The number of nitrogens with two attached hydrogens (primary N) is 1. The highest BCUT2D eigenvalue weighted by atomic mass is 16.3. The maximum Gasteiger partial charge on any atom is 0.343 e.